The third-order valence-corrected chi connectivity index (χ3v) is 3.35. The van der Waals surface area contributed by atoms with Crippen LogP contribution >= 0.6 is 0 Å². The lowest BCUT2D eigenvalue weighted by Gasteiger charge is -2.04. The monoisotopic (exact) mass is 312 g/mol. The molecule has 1 N–H and O–H groups in total. The number of ether oxygens (including phenoxy) is 2. The highest BCUT2D eigenvalue weighted by molar-refractivity contribution is 5.92. The van der Waals surface area contributed by atoms with E-state index in [2.05, 4.69) is 15.4 Å². The third kappa shape index (κ3) is 3.23. The second-order valence-electron chi connectivity index (χ2n) is 4.84. The van der Waals surface area contributed by atoms with Crippen LogP contribution < -0.4 is 14.8 Å². The number of aromatic nitrogens is 3. The van der Waals surface area contributed by atoms with Crippen LogP contribution in [0.4, 0.5) is 0 Å². The quantitative estimate of drug-likeness (QED) is 0.775. The van der Waals surface area contributed by atoms with Crippen molar-refractivity contribution >= 4 is 11.6 Å². The van der Waals surface area contributed by atoms with Gasteiger partial charge in [-0.3, -0.25) is 4.79 Å². The topological polar surface area (TPSA) is 77.8 Å². The van der Waals surface area contributed by atoms with E-state index in [1.807, 2.05) is 24.3 Å². The van der Waals surface area contributed by atoms with Crippen LogP contribution in [0.1, 0.15) is 16.1 Å². The molecular weight excluding hydrogens is 296 g/mol. The second-order valence-corrected chi connectivity index (χ2v) is 4.84. The number of nitrogens with zero attached hydrogens (tertiary/aromatic N) is 3. The van der Waals surface area contributed by atoms with Gasteiger partial charge in [0, 0.05) is 12.6 Å². The maximum absolute atomic E-state index is 12.2. The number of carbonyl (C=O) groups excluding carboxylic acids is 1. The van der Waals surface area contributed by atoms with Crippen LogP contribution in [0, 0.1) is 0 Å². The Morgan fingerprint density at radius 1 is 1.13 bits per heavy atom. The summed E-state index contributed by atoms with van der Waals surface area (Å²) < 4.78 is 11.7. The highest BCUT2D eigenvalue weighted by Crippen LogP contribution is 2.12. The van der Waals surface area contributed by atoms with Crippen molar-refractivity contribution in [3.8, 4) is 11.6 Å². The fourth-order valence-electron chi connectivity index (χ4n) is 2.10. The minimum atomic E-state index is -0.259. The predicted molar refractivity (Wildman–Crippen MR) is 83.7 cm³/mol. The zero-order chi connectivity index (χ0) is 16.2. The lowest BCUT2D eigenvalue weighted by Crippen LogP contribution is -2.23. The summed E-state index contributed by atoms with van der Waals surface area (Å²) in [6.45, 7) is 0.410. The lowest BCUT2D eigenvalue weighted by molar-refractivity contribution is 0.0946. The Morgan fingerprint density at radius 3 is 2.61 bits per heavy atom. The van der Waals surface area contributed by atoms with Gasteiger partial charge in [-0.25, -0.2) is 9.50 Å². The van der Waals surface area contributed by atoms with E-state index in [9.17, 15) is 4.79 Å². The molecule has 23 heavy (non-hydrogen) atoms. The largest absolute Gasteiger partial charge is 0.497 e. The number of fused-ring (bicyclic) bond motifs is 1. The molecule has 0 spiro atoms. The van der Waals surface area contributed by atoms with E-state index in [1.165, 1.54) is 11.6 Å². The standard InChI is InChI=1S/C16H16N4O3/c1-22-12-5-3-11(4-6-12)9-17-16(21)13-10-20-14(18-13)7-8-15(19-20)23-2/h3-8,10H,9H2,1-2H3,(H,17,21). The lowest BCUT2D eigenvalue weighted by atomic mass is 10.2. The zero-order valence-corrected chi connectivity index (χ0v) is 12.8. The van der Waals surface area contributed by atoms with Gasteiger partial charge in [-0.05, 0) is 23.8 Å². The Hall–Kier alpha value is -3.09. The van der Waals surface area contributed by atoms with Gasteiger partial charge in [0.15, 0.2) is 5.65 Å². The molecule has 118 valence electrons. The molecule has 1 amide bonds. The summed E-state index contributed by atoms with van der Waals surface area (Å²) in [7, 11) is 3.15. The van der Waals surface area contributed by atoms with E-state index in [4.69, 9.17) is 9.47 Å². The number of nitrogens with one attached hydrogen (secondary N) is 1. The highest BCUT2D eigenvalue weighted by atomic mass is 16.5. The number of imidazole rings is 1. The molecule has 0 fully saturated rings. The first-order chi connectivity index (χ1) is 11.2. The summed E-state index contributed by atoms with van der Waals surface area (Å²) in [6.07, 6.45) is 1.57. The third-order valence-electron chi connectivity index (χ3n) is 3.35. The van der Waals surface area contributed by atoms with Crippen molar-refractivity contribution in [1.29, 1.82) is 0 Å². The van der Waals surface area contributed by atoms with E-state index in [0.29, 0.717) is 23.8 Å². The van der Waals surface area contributed by atoms with Crippen LogP contribution in [-0.2, 0) is 6.54 Å². The van der Waals surface area contributed by atoms with Crippen molar-refractivity contribution in [3.05, 3.63) is 53.9 Å². The van der Waals surface area contributed by atoms with Gasteiger partial charge in [0.05, 0.1) is 20.4 Å². The van der Waals surface area contributed by atoms with Crippen molar-refractivity contribution in [3.63, 3.8) is 0 Å². The van der Waals surface area contributed by atoms with Crippen molar-refractivity contribution < 1.29 is 14.3 Å². The smallest absolute Gasteiger partial charge is 0.271 e. The molecule has 0 saturated heterocycles. The molecule has 1 aromatic carbocycles. The van der Waals surface area contributed by atoms with E-state index >= 15 is 0 Å². The van der Waals surface area contributed by atoms with Crippen LogP contribution in [0.5, 0.6) is 11.6 Å². The first-order valence-corrected chi connectivity index (χ1v) is 7.01. The van der Waals surface area contributed by atoms with Gasteiger partial charge in [0.25, 0.3) is 5.91 Å². The van der Waals surface area contributed by atoms with Crippen molar-refractivity contribution in [2.45, 2.75) is 6.54 Å². The molecular formula is C16H16N4O3. The molecule has 0 saturated carbocycles. The number of methoxy groups -OCH3 is 2. The second kappa shape index (κ2) is 6.35. The van der Waals surface area contributed by atoms with E-state index in [1.54, 1.807) is 25.4 Å². The number of benzene rings is 1. The van der Waals surface area contributed by atoms with Gasteiger partial charge < -0.3 is 14.8 Å². The predicted octanol–water partition coefficient (Wildman–Crippen LogP) is 1.68. The van der Waals surface area contributed by atoms with Crippen molar-refractivity contribution in [2.75, 3.05) is 14.2 Å². The Labute approximate surface area is 132 Å². The normalized spacial score (nSPS) is 10.5. The number of hydrogen-bond acceptors (Lipinski definition) is 5. The van der Waals surface area contributed by atoms with E-state index < -0.39 is 0 Å². The molecule has 3 aromatic rings. The average Bonchev–Trinajstić information content (AvgIpc) is 3.03. The van der Waals surface area contributed by atoms with Crippen LogP contribution in [-0.4, -0.2) is 34.7 Å². The molecule has 7 nitrogen and oxygen atoms in total. The summed E-state index contributed by atoms with van der Waals surface area (Å²) in [6, 6.07) is 10.9. The summed E-state index contributed by atoms with van der Waals surface area (Å²) in [5.41, 5.74) is 1.86. The minimum absolute atomic E-state index is 0.259. The Bertz CT molecular complexity index is 827. The summed E-state index contributed by atoms with van der Waals surface area (Å²) >= 11 is 0. The molecule has 0 radical (unpaired) electrons. The van der Waals surface area contributed by atoms with Gasteiger partial charge in [-0.1, -0.05) is 12.1 Å². The molecule has 7 heteroatoms. The van der Waals surface area contributed by atoms with Gasteiger partial charge in [-0.2, -0.15) is 0 Å². The maximum atomic E-state index is 12.2. The SMILES string of the molecule is COc1ccc(CNC(=O)c2cn3nc(OC)ccc3n2)cc1. The van der Waals surface area contributed by atoms with Crippen LogP contribution in [0.15, 0.2) is 42.6 Å². The molecule has 2 heterocycles. The zero-order valence-electron chi connectivity index (χ0n) is 12.8. The first kappa shape index (κ1) is 14.8. The molecule has 3 rings (SSSR count). The Morgan fingerprint density at radius 2 is 1.91 bits per heavy atom. The number of amides is 1. The van der Waals surface area contributed by atoms with Crippen LogP contribution in [0.25, 0.3) is 5.65 Å². The van der Waals surface area contributed by atoms with E-state index in [0.717, 1.165) is 11.3 Å². The molecule has 0 bridgehead atoms. The van der Waals surface area contributed by atoms with Gasteiger partial charge in [-0.15, -0.1) is 5.10 Å². The van der Waals surface area contributed by atoms with Gasteiger partial charge >= 0.3 is 0 Å². The molecule has 0 aliphatic rings. The average molecular weight is 312 g/mol. The van der Waals surface area contributed by atoms with Crippen LogP contribution in [0.3, 0.4) is 0 Å². The fraction of sp³-hybridized carbons (Fsp3) is 0.188. The van der Waals surface area contributed by atoms with Crippen molar-refractivity contribution in [1.82, 2.24) is 19.9 Å². The highest BCUT2D eigenvalue weighted by Gasteiger charge is 2.11. The Balaban J connectivity index is 1.69. The van der Waals surface area contributed by atoms with E-state index in [-0.39, 0.29) is 5.91 Å². The maximum Gasteiger partial charge on any atom is 0.271 e. The molecule has 0 unspecified atom stereocenters. The minimum Gasteiger partial charge on any atom is -0.497 e. The number of hydrogen-bond donors (Lipinski definition) is 1. The summed E-state index contributed by atoms with van der Waals surface area (Å²) in [4.78, 5) is 16.4. The first-order valence-electron chi connectivity index (χ1n) is 7.01. The molecule has 0 aliphatic carbocycles. The summed E-state index contributed by atoms with van der Waals surface area (Å²) in [5.74, 6) is 0.978. The Kier molecular flexibility index (Phi) is 4.09. The molecule has 2 aromatic heterocycles. The van der Waals surface area contributed by atoms with Crippen molar-refractivity contribution in [2.24, 2.45) is 0 Å². The number of carbonyl (C=O) groups is 1. The van der Waals surface area contributed by atoms with Crippen LogP contribution in [0.2, 0.25) is 0 Å². The molecule has 0 atom stereocenters. The number of rotatable bonds is 5. The van der Waals surface area contributed by atoms with Gasteiger partial charge in [0.1, 0.15) is 11.4 Å². The summed E-state index contributed by atoms with van der Waals surface area (Å²) in [5, 5.41) is 7.00. The van der Waals surface area contributed by atoms with Gasteiger partial charge in [0.2, 0.25) is 5.88 Å². The molecule has 0 aliphatic heterocycles. The fourth-order valence-corrected chi connectivity index (χ4v) is 2.10.